The number of nitrogens with one attached hydrogen (secondary N) is 1. The fourth-order valence-electron chi connectivity index (χ4n) is 1.55. The Morgan fingerprint density at radius 2 is 2.00 bits per heavy atom. The van der Waals surface area contributed by atoms with E-state index in [9.17, 15) is 0 Å². The Labute approximate surface area is 111 Å². The Kier molecular flexibility index (Phi) is 4.50. The predicted molar refractivity (Wildman–Crippen MR) is 74.6 cm³/mol. The zero-order valence-corrected chi connectivity index (χ0v) is 10.7. The van der Waals surface area contributed by atoms with E-state index in [4.69, 9.17) is 17.3 Å². The molecule has 0 saturated carbocycles. The van der Waals surface area contributed by atoms with Gasteiger partial charge in [-0.3, -0.25) is 0 Å². The molecule has 0 aliphatic heterocycles. The fraction of sp³-hybridized carbons (Fsp3) is 0.231. The molecule has 94 valence electrons. The van der Waals surface area contributed by atoms with Crippen LogP contribution in [0.1, 0.15) is 6.42 Å². The van der Waals surface area contributed by atoms with Crippen LogP contribution >= 0.6 is 11.6 Å². The van der Waals surface area contributed by atoms with Crippen LogP contribution in [0.4, 0.5) is 5.95 Å². The molecule has 0 spiro atoms. The Morgan fingerprint density at radius 3 is 2.72 bits per heavy atom. The van der Waals surface area contributed by atoms with E-state index in [1.54, 1.807) is 6.20 Å². The molecule has 1 heterocycles. The minimum absolute atomic E-state index is 0.547. The van der Waals surface area contributed by atoms with Gasteiger partial charge in [0.05, 0.1) is 16.9 Å². The molecular formula is C13H15ClN4. The van der Waals surface area contributed by atoms with Crippen LogP contribution in [0.3, 0.4) is 0 Å². The fourth-order valence-corrected chi connectivity index (χ4v) is 1.75. The van der Waals surface area contributed by atoms with Crippen molar-refractivity contribution in [3.05, 3.63) is 41.6 Å². The Bertz CT molecular complexity index is 502. The molecule has 18 heavy (non-hydrogen) atoms. The van der Waals surface area contributed by atoms with E-state index in [0.29, 0.717) is 17.5 Å². The first-order chi connectivity index (χ1) is 8.81. The zero-order valence-electron chi connectivity index (χ0n) is 9.94. The van der Waals surface area contributed by atoms with Crippen molar-refractivity contribution in [3.8, 4) is 11.3 Å². The third-order valence-corrected chi connectivity index (χ3v) is 2.73. The summed E-state index contributed by atoms with van der Waals surface area (Å²) in [4.78, 5) is 8.56. The van der Waals surface area contributed by atoms with Crippen LogP contribution in [-0.4, -0.2) is 23.1 Å². The van der Waals surface area contributed by atoms with Crippen LogP contribution in [0.2, 0.25) is 5.02 Å². The van der Waals surface area contributed by atoms with Crippen LogP contribution in [-0.2, 0) is 0 Å². The van der Waals surface area contributed by atoms with Crippen molar-refractivity contribution >= 4 is 17.5 Å². The lowest BCUT2D eigenvalue weighted by atomic mass is 10.1. The van der Waals surface area contributed by atoms with Crippen LogP contribution in [0, 0.1) is 0 Å². The normalized spacial score (nSPS) is 10.3. The largest absolute Gasteiger partial charge is 0.354 e. The molecule has 1 aromatic carbocycles. The topological polar surface area (TPSA) is 63.8 Å². The monoisotopic (exact) mass is 262 g/mol. The van der Waals surface area contributed by atoms with Crippen LogP contribution in [0.5, 0.6) is 0 Å². The number of nitrogens with two attached hydrogens (primary N) is 1. The van der Waals surface area contributed by atoms with Crippen molar-refractivity contribution in [2.24, 2.45) is 5.73 Å². The second-order valence-electron chi connectivity index (χ2n) is 3.83. The first-order valence-corrected chi connectivity index (χ1v) is 6.21. The number of benzene rings is 1. The molecule has 0 amide bonds. The van der Waals surface area contributed by atoms with Crippen molar-refractivity contribution in [1.82, 2.24) is 9.97 Å². The van der Waals surface area contributed by atoms with Gasteiger partial charge in [0.25, 0.3) is 0 Å². The quantitative estimate of drug-likeness (QED) is 0.813. The first-order valence-electron chi connectivity index (χ1n) is 5.83. The van der Waals surface area contributed by atoms with Gasteiger partial charge in [0, 0.05) is 12.1 Å². The maximum Gasteiger partial charge on any atom is 0.223 e. The highest BCUT2D eigenvalue weighted by Gasteiger charge is 2.07. The number of rotatable bonds is 5. The molecule has 0 bridgehead atoms. The SMILES string of the molecule is NCCCNc1ncc(Cl)c(-c2ccccc2)n1. The average molecular weight is 263 g/mol. The standard InChI is InChI=1S/C13H15ClN4/c14-11-9-17-13(16-8-4-7-15)18-12(11)10-5-2-1-3-6-10/h1-3,5-6,9H,4,7-8,15H2,(H,16,17,18). The Balaban J connectivity index is 2.22. The van der Waals surface area contributed by atoms with E-state index in [1.807, 2.05) is 30.3 Å². The third kappa shape index (κ3) is 3.18. The van der Waals surface area contributed by atoms with E-state index in [2.05, 4.69) is 15.3 Å². The van der Waals surface area contributed by atoms with E-state index in [-0.39, 0.29) is 0 Å². The Morgan fingerprint density at radius 1 is 1.22 bits per heavy atom. The summed E-state index contributed by atoms with van der Waals surface area (Å²) in [5.74, 6) is 0.576. The molecule has 0 fully saturated rings. The smallest absolute Gasteiger partial charge is 0.223 e. The number of hydrogen-bond donors (Lipinski definition) is 2. The summed E-state index contributed by atoms with van der Waals surface area (Å²) in [6.45, 7) is 1.40. The van der Waals surface area contributed by atoms with Crippen LogP contribution in [0.25, 0.3) is 11.3 Å². The molecule has 3 N–H and O–H groups in total. The molecule has 4 nitrogen and oxygen atoms in total. The number of hydrogen-bond acceptors (Lipinski definition) is 4. The third-order valence-electron chi connectivity index (χ3n) is 2.46. The highest BCUT2D eigenvalue weighted by molar-refractivity contribution is 6.32. The predicted octanol–water partition coefficient (Wildman–Crippen LogP) is 2.56. The second-order valence-corrected chi connectivity index (χ2v) is 4.23. The molecule has 0 aliphatic rings. The van der Waals surface area contributed by atoms with E-state index in [1.165, 1.54) is 0 Å². The molecular weight excluding hydrogens is 248 g/mol. The molecule has 0 aliphatic carbocycles. The maximum atomic E-state index is 6.12. The van der Waals surface area contributed by atoms with Gasteiger partial charge >= 0.3 is 0 Å². The second kappa shape index (κ2) is 6.33. The minimum atomic E-state index is 0.547. The maximum absolute atomic E-state index is 6.12. The lowest BCUT2D eigenvalue weighted by molar-refractivity contribution is 0.864. The number of aromatic nitrogens is 2. The molecule has 0 saturated heterocycles. The van der Waals surface area contributed by atoms with Gasteiger partial charge in [0.15, 0.2) is 0 Å². The molecule has 2 rings (SSSR count). The minimum Gasteiger partial charge on any atom is -0.354 e. The summed E-state index contributed by atoms with van der Waals surface area (Å²) in [5, 5.41) is 3.67. The highest BCUT2D eigenvalue weighted by Crippen LogP contribution is 2.25. The molecule has 0 unspecified atom stereocenters. The van der Waals surface area contributed by atoms with E-state index in [0.717, 1.165) is 24.2 Å². The molecule has 0 atom stereocenters. The summed E-state index contributed by atoms with van der Waals surface area (Å²) < 4.78 is 0. The zero-order chi connectivity index (χ0) is 12.8. The van der Waals surface area contributed by atoms with Gasteiger partial charge in [0.2, 0.25) is 5.95 Å². The lowest BCUT2D eigenvalue weighted by Gasteiger charge is -2.07. The average Bonchev–Trinajstić information content (AvgIpc) is 2.42. The van der Waals surface area contributed by atoms with Gasteiger partial charge in [-0.15, -0.1) is 0 Å². The van der Waals surface area contributed by atoms with Crippen molar-refractivity contribution in [3.63, 3.8) is 0 Å². The molecule has 0 radical (unpaired) electrons. The number of halogens is 1. The molecule has 2 aromatic rings. The van der Waals surface area contributed by atoms with Crippen LogP contribution < -0.4 is 11.1 Å². The molecule has 1 aromatic heterocycles. The van der Waals surface area contributed by atoms with E-state index >= 15 is 0 Å². The van der Waals surface area contributed by atoms with Crippen molar-refractivity contribution in [1.29, 1.82) is 0 Å². The van der Waals surface area contributed by atoms with Gasteiger partial charge in [-0.05, 0) is 13.0 Å². The highest BCUT2D eigenvalue weighted by atomic mass is 35.5. The summed E-state index contributed by atoms with van der Waals surface area (Å²) in [5.41, 5.74) is 7.15. The first kappa shape index (κ1) is 12.8. The van der Waals surface area contributed by atoms with Gasteiger partial charge in [0.1, 0.15) is 0 Å². The number of nitrogens with zero attached hydrogens (tertiary/aromatic N) is 2. The summed E-state index contributed by atoms with van der Waals surface area (Å²) in [6.07, 6.45) is 2.49. The Hall–Kier alpha value is -1.65. The van der Waals surface area contributed by atoms with Gasteiger partial charge in [-0.1, -0.05) is 41.9 Å². The van der Waals surface area contributed by atoms with Crippen LogP contribution in [0.15, 0.2) is 36.5 Å². The summed E-state index contributed by atoms with van der Waals surface area (Å²) in [7, 11) is 0. The summed E-state index contributed by atoms with van der Waals surface area (Å²) >= 11 is 6.12. The van der Waals surface area contributed by atoms with Crippen molar-refractivity contribution in [2.75, 3.05) is 18.4 Å². The molecule has 5 heteroatoms. The van der Waals surface area contributed by atoms with Gasteiger partial charge in [-0.25, -0.2) is 9.97 Å². The van der Waals surface area contributed by atoms with E-state index < -0.39 is 0 Å². The van der Waals surface area contributed by atoms with Crippen molar-refractivity contribution in [2.45, 2.75) is 6.42 Å². The van der Waals surface area contributed by atoms with Gasteiger partial charge < -0.3 is 11.1 Å². The summed E-state index contributed by atoms with van der Waals surface area (Å²) in [6, 6.07) is 9.80. The van der Waals surface area contributed by atoms with Crippen molar-refractivity contribution < 1.29 is 0 Å². The lowest BCUT2D eigenvalue weighted by Crippen LogP contribution is -2.10. The number of anilines is 1. The van der Waals surface area contributed by atoms with Gasteiger partial charge in [-0.2, -0.15) is 0 Å².